The van der Waals surface area contributed by atoms with Gasteiger partial charge in [-0.25, -0.2) is 9.67 Å². The number of hydrogen-bond donors (Lipinski definition) is 2. The van der Waals surface area contributed by atoms with Gasteiger partial charge in [-0.15, -0.1) is 11.3 Å². The summed E-state index contributed by atoms with van der Waals surface area (Å²) in [5, 5.41) is 19.7. The molecular weight excluding hydrogens is 390 g/mol. The molecule has 2 aromatic heterocycles. The average Bonchev–Trinajstić information content (AvgIpc) is 3.28. The van der Waals surface area contributed by atoms with Gasteiger partial charge in [-0.1, -0.05) is 12.8 Å². The van der Waals surface area contributed by atoms with Crippen LogP contribution in [0.5, 0.6) is 0 Å². The van der Waals surface area contributed by atoms with E-state index in [2.05, 4.69) is 20.3 Å². The Morgan fingerprint density at radius 1 is 1.21 bits per heavy atom. The smallest absolute Gasteiger partial charge is 0.270 e. The van der Waals surface area contributed by atoms with Gasteiger partial charge in [0.2, 0.25) is 0 Å². The molecule has 1 saturated heterocycles. The number of nitrogens with one attached hydrogen (secondary N) is 1. The number of rotatable bonds is 5. The summed E-state index contributed by atoms with van der Waals surface area (Å²) >= 11 is 1.40. The number of aliphatic hydroxyl groups is 1. The molecule has 0 radical (unpaired) electrons. The van der Waals surface area contributed by atoms with Gasteiger partial charge in [0.05, 0.1) is 17.7 Å². The van der Waals surface area contributed by atoms with E-state index < -0.39 is 6.10 Å². The normalized spacial score (nSPS) is 25.0. The van der Waals surface area contributed by atoms with E-state index >= 15 is 0 Å². The van der Waals surface area contributed by atoms with Crippen molar-refractivity contribution in [3.8, 4) is 0 Å². The number of amides is 1. The van der Waals surface area contributed by atoms with Crippen molar-refractivity contribution in [1.29, 1.82) is 0 Å². The molecule has 8 nitrogen and oxygen atoms in total. The summed E-state index contributed by atoms with van der Waals surface area (Å²) in [6, 6.07) is 3.16. The summed E-state index contributed by atoms with van der Waals surface area (Å²) < 4.78 is 1.47. The Kier molecular flexibility index (Phi) is 6.25. The second-order valence-corrected chi connectivity index (χ2v) is 8.54. The van der Waals surface area contributed by atoms with Gasteiger partial charge in [-0.2, -0.15) is 5.10 Å². The molecule has 2 aromatic rings. The minimum atomic E-state index is -0.529. The first-order valence-electron chi connectivity index (χ1n) is 10.3. The minimum absolute atomic E-state index is 0.112. The van der Waals surface area contributed by atoms with E-state index in [1.807, 2.05) is 0 Å². The van der Waals surface area contributed by atoms with Gasteiger partial charge in [0.25, 0.3) is 11.5 Å². The number of thiazole rings is 1. The molecule has 3 unspecified atom stereocenters. The second-order valence-electron chi connectivity index (χ2n) is 7.82. The molecule has 0 spiro atoms. The number of aromatic nitrogens is 3. The number of carbonyl (C=O) groups is 1. The highest BCUT2D eigenvalue weighted by Crippen LogP contribution is 2.28. The molecule has 3 atom stereocenters. The third-order valence-corrected chi connectivity index (χ3v) is 6.49. The van der Waals surface area contributed by atoms with Crippen LogP contribution in [0.25, 0.3) is 0 Å². The lowest BCUT2D eigenvalue weighted by atomic mass is 9.93. The Labute approximate surface area is 173 Å². The Morgan fingerprint density at radius 2 is 2.03 bits per heavy atom. The van der Waals surface area contributed by atoms with Crippen molar-refractivity contribution in [1.82, 2.24) is 20.1 Å². The molecule has 9 heteroatoms. The van der Waals surface area contributed by atoms with Crippen LogP contribution < -0.4 is 15.8 Å². The highest BCUT2D eigenvalue weighted by molar-refractivity contribution is 7.07. The number of nitrogens with zero attached hydrogens (tertiary/aromatic N) is 4. The number of carbonyl (C=O) groups excluding carboxylic acids is 1. The van der Waals surface area contributed by atoms with Crippen molar-refractivity contribution >= 4 is 23.1 Å². The number of anilines is 1. The largest absolute Gasteiger partial charge is 0.391 e. The average molecular weight is 418 g/mol. The highest BCUT2D eigenvalue weighted by Gasteiger charge is 2.29. The van der Waals surface area contributed by atoms with Crippen LogP contribution in [-0.2, 0) is 0 Å². The maximum absolute atomic E-state index is 12.4. The zero-order chi connectivity index (χ0) is 20.2. The minimum Gasteiger partial charge on any atom is -0.391 e. The van der Waals surface area contributed by atoms with Gasteiger partial charge in [-0.3, -0.25) is 9.59 Å². The molecule has 29 heavy (non-hydrogen) atoms. The molecule has 2 fully saturated rings. The van der Waals surface area contributed by atoms with Gasteiger partial charge < -0.3 is 15.3 Å². The fourth-order valence-corrected chi connectivity index (χ4v) is 4.86. The Morgan fingerprint density at radius 3 is 2.83 bits per heavy atom. The summed E-state index contributed by atoms with van der Waals surface area (Å²) in [4.78, 5) is 30.9. The van der Waals surface area contributed by atoms with Crippen LogP contribution in [0.15, 0.2) is 27.8 Å². The molecule has 2 aliphatic rings. The first kappa shape index (κ1) is 20.0. The first-order valence-corrected chi connectivity index (χ1v) is 11.3. The molecule has 1 saturated carbocycles. The Balaban J connectivity index is 1.51. The monoisotopic (exact) mass is 417 g/mol. The third-order valence-electron chi connectivity index (χ3n) is 5.90. The standard InChI is InChI=1S/C20H27N5O3S/c26-17-7-2-1-6-16(17)25-19(27)9-8-18(23-25)24-10-4-3-5-14(24)11-21-20(28)15-12-29-13-22-15/h8-9,12-14,16-17,26H,1-7,10-11H2,(H,21,28). The highest BCUT2D eigenvalue weighted by atomic mass is 32.1. The number of piperidine rings is 1. The van der Waals surface area contributed by atoms with Gasteiger partial charge in [0.1, 0.15) is 11.5 Å². The van der Waals surface area contributed by atoms with Gasteiger partial charge in [0, 0.05) is 30.6 Å². The molecule has 156 valence electrons. The van der Waals surface area contributed by atoms with E-state index in [-0.39, 0.29) is 23.6 Å². The molecule has 1 amide bonds. The quantitative estimate of drug-likeness (QED) is 0.771. The Hall–Kier alpha value is -2.26. The van der Waals surface area contributed by atoms with Crippen LogP contribution in [0.2, 0.25) is 0 Å². The van der Waals surface area contributed by atoms with E-state index in [0.717, 1.165) is 50.9 Å². The molecule has 4 rings (SSSR count). The predicted octanol–water partition coefficient (Wildman–Crippen LogP) is 1.96. The van der Waals surface area contributed by atoms with Crippen LogP contribution >= 0.6 is 11.3 Å². The fourth-order valence-electron chi connectivity index (χ4n) is 4.32. The van der Waals surface area contributed by atoms with E-state index in [0.29, 0.717) is 18.7 Å². The molecule has 1 aliphatic carbocycles. The van der Waals surface area contributed by atoms with Crippen molar-refractivity contribution in [2.24, 2.45) is 0 Å². The molecule has 0 bridgehead atoms. The SMILES string of the molecule is O=C(NCC1CCCCN1c1ccc(=O)n(C2CCCCC2O)n1)c1cscn1. The van der Waals surface area contributed by atoms with Crippen molar-refractivity contribution in [2.45, 2.75) is 63.1 Å². The van der Waals surface area contributed by atoms with Gasteiger partial charge in [0.15, 0.2) is 0 Å². The third kappa shape index (κ3) is 4.51. The lowest BCUT2D eigenvalue weighted by Crippen LogP contribution is -2.48. The second kappa shape index (κ2) is 9.04. The molecule has 3 heterocycles. The van der Waals surface area contributed by atoms with Crippen LogP contribution in [0.1, 0.15) is 61.5 Å². The summed E-state index contributed by atoms with van der Waals surface area (Å²) in [6.45, 7) is 1.33. The first-order chi connectivity index (χ1) is 14.1. The summed E-state index contributed by atoms with van der Waals surface area (Å²) in [7, 11) is 0. The maximum Gasteiger partial charge on any atom is 0.270 e. The van der Waals surface area contributed by atoms with Crippen molar-refractivity contribution < 1.29 is 9.90 Å². The van der Waals surface area contributed by atoms with Crippen molar-refractivity contribution in [3.05, 3.63) is 39.1 Å². The van der Waals surface area contributed by atoms with E-state index in [9.17, 15) is 14.7 Å². The zero-order valence-corrected chi connectivity index (χ0v) is 17.2. The van der Waals surface area contributed by atoms with E-state index in [1.165, 1.54) is 16.0 Å². The molecular formula is C20H27N5O3S. The fraction of sp³-hybridized carbons (Fsp3) is 0.600. The molecule has 2 N–H and O–H groups in total. The molecule has 1 aliphatic heterocycles. The van der Waals surface area contributed by atoms with Crippen LogP contribution in [0.4, 0.5) is 5.82 Å². The summed E-state index contributed by atoms with van der Waals surface area (Å²) in [5.74, 6) is 0.565. The van der Waals surface area contributed by atoms with Crippen LogP contribution in [0, 0.1) is 0 Å². The van der Waals surface area contributed by atoms with Gasteiger partial charge >= 0.3 is 0 Å². The topological polar surface area (TPSA) is 100 Å². The van der Waals surface area contributed by atoms with Gasteiger partial charge in [-0.05, 0) is 38.2 Å². The van der Waals surface area contributed by atoms with Crippen LogP contribution in [-0.4, -0.2) is 51.0 Å². The van der Waals surface area contributed by atoms with Crippen molar-refractivity contribution in [2.75, 3.05) is 18.0 Å². The predicted molar refractivity (Wildman–Crippen MR) is 111 cm³/mol. The van der Waals surface area contributed by atoms with E-state index in [4.69, 9.17) is 0 Å². The maximum atomic E-state index is 12.4. The summed E-state index contributed by atoms with van der Waals surface area (Å²) in [6.07, 6.45) is 6.01. The molecule has 0 aromatic carbocycles. The summed E-state index contributed by atoms with van der Waals surface area (Å²) in [5.41, 5.74) is 1.91. The lowest BCUT2D eigenvalue weighted by molar-refractivity contribution is 0.0669. The van der Waals surface area contributed by atoms with Crippen LogP contribution in [0.3, 0.4) is 0 Å². The van der Waals surface area contributed by atoms with E-state index in [1.54, 1.807) is 23.0 Å². The van der Waals surface area contributed by atoms with Crippen molar-refractivity contribution in [3.63, 3.8) is 0 Å². The lowest BCUT2D eigenvalue weighted by Gasteiger charge is -2.37. The Bertz CT molecular complexity index is 884. The number of aliphatic hydroxyl groups excluding tert-OH is 1. The number of hydrogen-bond acceptors (Lipinski definition) is 7. The zero-order valence-electron chi connectivity index (χ0n) is 16.4.